The monoisotopic (exact) mass is 360 g/mol. The van der Waals surface area contributed by atoms with Gasteiger partial charge < -0.3 is 10.1 Å². The van der Waals surface area contributed by atoms with Gasteiger partial charge in [0.05, 0.1) is 12.2 Å². The second-order valence-corrected chi connectivity index (χ2v) is 6.37. The summed E-state index contributed by atoms with van der Waals surface area (Å²) in [6.07, 6.45) is 4.42. The van der Waals surface area contributed by atoms with Crippen LogP contribution in [0.3, 0.4) is 0 Å². The molecule has 0 spiro atoms. The normalized spacial score (nSPS) is 16.4. The van der Waals surface area contributed by atoms with Crippen molar-refractivity contribution in [2.75, 3.05) is 11.9 Å². The van der Waals surface area contributed by atoms with E-state index in [0.717, 1.165) is 24.8 Å². The Morgan fingerprint density at radius 3 is 2.92 bits per heavy atom. The summed E-state index contributed by atoms with van der Waals surface area (Å²) in [6, 6.07) is 6.97. The van der Waals surface area contributed by atoms with Crippen molar-refractivity contribution in [2.24, 2.45) is 0 Å². The van der Waals surface area contributed by atoms with Crippen LogP contribution in [-0.4, -0.2) is 27.3 Å². The van der Waals surface area contributed by atoms with Crippen LogP contribution < -0.4 is 5.32 Å². The minimum atomic E-state index is -0.467. The van der Waals surface area contributed by atoms with Crippen molar-refractivity contribution < 1.29 is 9.53 Å². The second-order valence-electron chi connectivity index (χ2n) is 5.96. The van der Waals surface area contributed by atoms with Gasteiger partial charge in [-0.2, -0.15) is 10.1 Å². The number of carbonyl (C=O) groups excluding carboxylic acids is 1. The number of fused-ring (bicyclic) bond motifs is 1. The summed E-state index contributed by atoms with van der Waals surface area (Å²) in [5.74, 6) is 0.220. The first kappa shape index (κ1) is 17.5. The number of hydrogen-bond acceptors (Lipinski definition) is 5. The van der Waals surface area contributed by atoms with Crippen molar-refractivity contribution in [3.8, 4) is 0 Å². The molecule has 2 heterocycles. The Labute approximate surface area is 151 Å². The summed E-state index contributed by atoms with van der Waals surface area (Å²) in [5.41, 5.74) is 1.99. The van der Waals surface area contributed by atoms with Gasteiger partial charge in [-0.05, 0) is 19.4 Å². The molecule has 1 aliphatic heterocycles. The number of rotatable bonds is 6. The number of nitrogens with one attached hydrogen (secondary N) is 1. The number of unbranched alkanes of at least 4 members (excludes halogenated alkanes) is 2. The van der Waals surface area contributed by atoms with Crippen LogP contribution in [0.5, 0.6) is 0 Å². The number of anilines is 1. The Bertz CT molecular complexity index is 800. The number of halogens is 1. The molecular weight excluding hydrogens is 340 g/mol. The Hall–Kier alpha value is -2.34. The molecule has 1 aliphatic rings. The first-order valence-electron chi connectivity index (χ1n) is 8.42. The lowest BCUT2D eigenvalue weighted by molar-refractivity contribution is -0.139. The summed E-state index contributed by atoms with van der Waals surface area (Å²) >= 11 is 6.40. The lowest BCUT2D eigenvalue weighted by atomic mass is 9.96. The molecular formula is C18H21ClN4O2. The van der Waals surface area contributed by atoms with Gasteiger partial charge in [0, 0.05) is 16.3 Å². The van der Waals surface area contributed by atoms with Gasteiger partial charge in [0.1, 0.15) is 12.4 Å². The van der Waals surface area contributed by atoms with E-state index in [9.17, 15) is 4.79 Å². The van der Waals surface area contributed by atoms with Crippen molar-refractivity contribution in [1.82, 2.24) is 14.8 Å². The fraction of sp³-hybridized carbons (Fsp3) is 0.389. The molecule has 1 N–H and O–H groups in total. The van der Waals surface area contributed by atoms with E-state index in [0.29, 0.717) is 28.8 Å². The molecule has 1 aromatic heterocycles. The zero-order valence-corrected chi connectivity index (χ0v) is 15.1. The third-order valence-corrected chi connectivity index (χ3v) is 4.54. The predicted molar refractivity (Wildman–Crippen MR) is 96.4 cm³/mol. The average molecular weight is 361 g/mol. The molecule has 1 atom stereocenters. The van der Waals surface area contributed by atoms with E-state index >= 15 is 0 Å². The highest BCUT2D eigenvalue weighted by Crippen LogP contribution is 2.37. The summed E-state index contributed by atoms with van der Waals surface area (Å²) in [7, 11) is 0. The van der Waals surface area contributed by atoms with Crippen LogP contribution in [0.15, 0.2) is 41.9 Å². The fourth-order valence-electron chi connectivity index (χ4n) is 2.93. The molecule has 132 valence electrons. The Balaban J connectivity index is 1.96. The van der Waals surface area contributed by atoms with E-state index < -0.39 is 6.04 Å². The maximum atomic E-state index is 12.8. The SMILES string of the molecule is CCCCCOC(=O)C1=C(C)Nc2ncnn2[C@@H]1c1ccccc1Cl. The highest BCUT2D eigenvalue weighted by molar-refractivity contribution is 6.31. The van der Waals surface area contributed by atoms with Gasteiger partial charge in [-0.15, -0.1) is 0 Å². The molecule has 25 heavy (non-hydrogen) atoms. The molecule has 0 radical (unpaired) electrons. The predicted octanol–water partition coefficient (Wildman–Crippen LogP) is 3.95. The third-order valence-electron chi connectivity index (χ3n) is 4.20. The number of allylic oxidation sites excluding steroid dienone is 1. The van der Waals surface area contributed by atoms with Crippen molar-refractivity contribution in [2.45, 2.75) is 39.2 Å². The first-order valence-corrected chi connectivity index (χ1v) is 8.80. The topological polar surface area (TPSA) is 69.0 Å². The maximum Gasteiger partial charge on any atom is 0.338 e. The molecule has 3 rings (SSSR count). The van der Waals surface area contributed by atoms with Gasteiger partial charge in [0.25, 0.3) is 0 Å². The van der Waals surface area contributed by atoms with Crippen LogP contribution in [0, 0.1) is 0 Å². The van der Waals surface area contributed by atoms with Crippen molar-refractivity contribution in [3.05, 3.63) is 52.4 Å². The van der Waals surface area contributed by atoms with E-state index in [1.165, 1.54) is 6.33 Å². The first-order chi connectivity index (χ1) is 12.1. The molecule has 0 amide bonds. The Morgan fingerprint density at radius 1 is 1.36 bits per heavy atom. The summed E-state index contributed by atoms with van der Waals surface area (Å²) in [4.78, 5) is 17.0. The number of hydrogen-bond donors (Lipinski definition) is 1. The van der Waals surface area contributed by atoms with Crippen molar-refractivity contribution in [1.29, 1.82) is 0 Å². The smallest absolute Gasteiger partial charge is 0.338 e. The number of benzene rings is 1. The van der Waals surface area contributed by atoms with Gasteiger partial charge in [-0.1, -0.05) is 49.6 Å². The zero-order valence-electron chi connectivity index (χ0n) is 14.3. The second kappa shape index (κ2) is 7.70. The van der Waals surface area contributed by atoms with Gasteiger partial charge in [0.15, 0.2) is 0 Å². The van der Waals surface area contributed by atoms with Gasteiger partial charge >= 0.3 is 5.97 Å². The molecule has 6 nitrogen and oxygen atoms in total. The van der Waals surface area contributed by atoms with E-state index in [1.807, 2.05) is 25.1 Å². The number of esters is 1. The van der Waals surface area contributed by atoms with Crippen LogP contribution in [0.2, 0.25) is 5.02 Å². The molecule has 0 unspecified atom stereocenters. The maximum absolute atomic E-state index is 12.8. The number of nitrogens with zero attached hydrogens (tertiary/aromatic N) is 3. The minimum Gasteiger partial charge on any atom is -0.462 e. The highest BCUT2D eigenvalue weighted by Gasteiger charge is 2.35. The largest absolute Gasteiger partial charge is 0.462 e. The van der Waals surface area contributed by atoms with E-state index in [-0.39, 0.29) is 5.97 Å². The summed E-state index contributed by atoms with van der Waals surface area (Å²) in [6.45, 7) is 4.35. The van der Waals surface area contributed by atoms with Crippen molar-refractivity contribution >= 4 is 23.5 Å². The third kappa shape index (κ3) is 3.54. The molecule has 0 saturated heterocycles. The average Bonchev–Trinajstić information content (AvgIpc) is 3.06. The molecule has 0 saturated carbocycles. The Morgan fingerprint density at radius 2 is 2.16 bits per heavy atom. The standard InChI is InChI=1S/C18H21ClN4O2/c1-3-4-7-10-25-17(24)15-12(2)22-18-20-11-21-23(18)16(15)13-8-5-6-9-14(13)19/h5-6,8-9,11,16H,3-4,7,10H2,1-2H3,(H,20,21,22)/t16-/m1/s1. The molecule has 0 bridgehead atoms. The minimum absolute atomic E-state index is 0.354. The summed E-state index contributed by atoms with van der Waals surface area (Å²) in [5, 5.41) is 7.96. The van der Waals surface area contributed by atoms with Crippen LogP contribution in [0.4, 0.5) is 5.95 Å². The molecule has 7 heteroatoms. The molecule has 2 aromatic rings. The summed E-state index contributed by atoms with van der Waals surface area (Å²) < 4.78 is 7.16. The van der Waals surface area contributed by atoms with Gasteiger partial charge in [-0.3, -0.25) is 0 Å². The van der Waals surface area contributed by atoms with E-state index in [2.05, 4.69) is 22.3 Å². The molecule has 0 fully saturated rings. The molecule has 0 aliphatic carbocycles. The van der Waals surface area contributed by atoms with Crippen LogP contribution in [0.25, 0.3) is 0 Å². The number of carbonyl (C=O) groups is 1. The van der Waals surface area contributed by atoms with Gasteiger partial charge in [-0.25, -0.2) is 9.48 Å². The van der Waals surface area contributed by atoms with Crippen LogP contribution in [-0.2, 0) is 9.53 Å². The van der Waals surface area contributed by atoms with Crippen molar-refractivity contribution in [3.63, 3.8) is 0 Å². The zero-order chi connectivity index (χ0) is 17.8. The van der Waals surface area contributed by atoms with Crippen LogP contribution in [0.1, 0.15) is 44.7 Å². The highest BCUT2D eigenvalue weighted by atomic mass is 35.5. The number of ether oxygens (including phenoxy) is 1. The fourth-order valence-corrected chi connectivity index (χ4v) is 3.17. The quantitative estimate of drug-likeness (QED) is 0.624. The number of aromatic nitrogens is 3. The van der Waals surface area contributed by atoms with Crippen LogP contribution >= 0.6 is 11.6 Å². The van der Waals surface area contributed by atoms with Gasteiger partial charge in [0.2, 0.25) is 5.95 Å². The lowest BCUT2D eigenvalue weighted by Gasteiger charge is -2.28. The van der Waals surface area contributed by atoms with E-state index in [4.69, 9.17) is 16.3 Å². The molecule has 1 aromatic carbocycles. The van der Waals surface area contributed by atoms with E-state index in [1.54, 1.807) is 10.7 Å². The lowest BCUT2D eigenvalue weighted by Crippen LogP contribution is -2.30. The Kier molecular flexibility index (Phi) is 5.38.